The minimum Gasteiger partial charge on any atom is -0.382 e. The molecule has 1 heterocycles. The number of nitrogens with one attached hydrogen (secondary N) is 1. The number of rotatable bonds is 2. The second-order valence-corrected chi connectivity index (χ2v) is 5.04. The number of anilines is 2. The van der Waals surface area contributed by atoms with Crippen molar-refractivity contribution in [1.82, 2.24) is 0 Å². The first-order valence-electron chi connectivity index (χ1n) is 6.51. The van der Waals surface area contributed by atoms with Gasteiger partial charge in [0.15, 0.2) is 0 Å². The summed E-state index contributed by atoms with van der Waals surface area (Å²) in [5.41, 5.74) is 2.72. The molecular weight excluding hydrogens is 232 g/mol. The molecule has 1 aromatic rings. The van der Waals surface area contributed by atoms with Crippen LogP contribution in [-0.2, 0) is 0 Å². The number of para-hydroxylation sites is 2. The Hall–Kier alpha value is -0.890. The van der Waals surface area contributed by atoms with Gasteiger partial charge in [-0.25, -0.2) is 0 Å². The Morgan fingerprint density at radius 2 is 1.94 bits per heavy atom. The Balaban J connectivity index is 0.00000108. The van der Waals surface area contributed by atoms with Crippen LogP contribution in [-0.4, -0.2) is 19.6 Å². The van der Waals surface area contributed by atoms with Crippen LogP contribution in [0.2, 0.25) is 0 Å². The van der Waals surface area contributed by atoms with Crippen molar-refractivity contribution >= 4 is 23.8 Å². The van der Waals surface area contributed by atoms with Crippen LogP contribution in [0.3, 0.4) is 0 Å². The van der Waals surface area contributed by atoms with Crippen LogP contribution >= 0.6 is 12.4 Å². The van der Waals surface area contributed by atoms with E-state index in [0.29, 0.717) is 0 Å². The summed E-state index contributed by atoms with van der Waals surface area (Å²) in [5, 5.41) is 3.48. The second kappa shape index (κ2) is 5.63. The maximum atomic E-state index is 3.48. The number of nitrogens with zero attached hydrogens (tertiary/aromatic N) is 1. The topological polar surface area (TPSA) is 15.3 Å². The first kappa shape index (κ1) is 12.6. The van der Waals surface area contributed by atoms with E-state index >= 15 is 0 Å². The van der Waals surface area contributed by atoms with Gasteiger partial charge in [0, 0.05) is 19.6 Å². The summed E-state index contributed by atoms with van der Waals surface area (Å²) in [7, 11) is 0. The third-order valence-electron chi connectivity index (χ3n) is 3.90. The van der Waals surface area contributed by atoms with E-state index in [1.165, 1.54) is 43.6 Å². The van der Waals surface area contributed by atoms with Gasteiger partial charge in [-0.2, -0.15) is 0 Å². The van der Waals surface area contributed by atoms with Crippen molar-refractivity contribution in [2.45, 2.75) is 25.7 Å². The molecule has 1 saturated carbocycles. The smallest absolute Gasteiger partial charge is 0.0602 e. The predicted molar refractivity (Wildman–Crippen MR) is 76.4 cm³/mol. The Kier molecular flexibility index (Phi) is 4.16. The highest BCUT2D eigenvalue weighted by atomic mass is 35.5. The molecule has 3 rings (SSSR count). The molecule has 0 unspecified atom stereocenters. The highest BCUT2D eigenvalue weighted by Gasteiger charge is 2.21. The summed E-state index contributed by atoms with van der Waals surface area (Å²) in [4.78, 5) is 2.57. The van der Waals surface area contributed by atoms with E-state index < -0.39 is 0 Å². The standard InChI is InChI=1S/C14H20N2.ClH/c1-2-6-12(5-1)11-16-10-9-15-13-7-3-4-8-14(13)16;/h3-4,7-8,12,15H,1-2,5-6,9-11H2;1H. The van der Waals surface area contributed by atoms with E-state index in [1.54, 1.807) is 0 Å². The summed E-state index contributed by atoms with van der Waals surface area (Å²) < 4.78 is 0. The average molecular weight is 253 g/mol. The molecule has 0 aromatic heterocycles. The van der Waals surface area contributed by atoms with Gasteiger partial charge in [-0.15, -0.1) is 12.4 Å². The van der Waals surface area contributed by atoms with Gasteiger partial charge in [-0.1, -0.05) is 25.0 Å². The zero-order valence-corrected chi connectivity index (χ0v) is 11.0. The van der Waals surface area contributed by atoms with Gasteiger partial charge in [0.2, 0.25) is 0 Å². The summed E-state index contributed by atoms with van der Waals surface area (Å²) in [6, 6.07) is 8.70. The highest BCUT2D eigenvalue weighted by molar-refractivity contribution is 5.85. The molecule has 2 nitrogen and oxygen atoms in total. The molecule has 1 aliphatic carbocycles. The number of fused-ring (bicyclic) bond motifs is 1. The summed E-state index contributed by atoms with van der Waals surface area (Å²) in [5.74, 6) is 0.936. The Morgan fingerprint density at radius 1 is 1.18 bits per heavy atom. The first-order chi connectivity index (χ1) is 7.93. The zero-order valence-electron chi connectivity index (χ0n) is 10.2. The molecule has 0 spiro atoms. The molecule has 1 aliphatic heterocycles. The van der Waals surface area contributed by atoms with Crippen LogP contribution in [0.1, 0.15) is 25.7 Å². The van der Waals surface area contributed by atoms with E-state index in [9.17, 15) is 0 Å². The van der Waals surface area contributed by atoms with Gasteiger partial charge >= 0.3 is 0 Å². The maximum Gasteiger partial charge on any atom is 0.0602 e. The Bertz CT molecular complexity index is 361. The molecule has 1 N–H and O–H groups in total. The molecule has 0 bridgehead atoms. The quantitative estimate of drug-likeness (QED) is 0.866. The number of halogens is 1. The van der Waals surface area contributed by atoms with Crippen LogP contribution < -0.4 is 10.2 Å². The van der Waals surface area contributed by atoms with Gasteiger partial charge in [0.05, 0.1) is 11.4 Å². The number of hydrogen-bond acceptors (Lipinski definition) is 2. The normalized spacial score (nSPS) is 19.4. The Labute approximate surface area is 110 Å². The lowest BCUT2D eigenvalue weighted by atomic mass is 10.1. The van der Waals surface area contributed by atoms with Crippen molar-refractivity contribution in [2.75, 3.05) is 29.9 Å². The molecular formula is C14H21ClN2. The molecule has 1 aromatic carbocycles. The van der Waals surface area contributed by atoms with E-state index in [2.05, 4.69) is 34.5 Å². The van der Waals surface area contributed by atoms with Crippen molar-refractivity contribution in [3.8, 4) is 0 Å². The second-order valence-electron chi connectivity index (χ2n) is 5.04. The minimum atomic E-state index is 0. The van der Waals surface area contributed by atoms with E-state index in [0.717, 1.165) is 19.0 Å². The van der Waals surface area contributed by atoms with E-state index in [4.69, 9.17) is 0 Å². The molecule has 0 saturated heterocycles. The van der Waals surface area contributed by atoms with Crippen LogP contribution in [0.15, 0.2) is 24.3 Å². The summed E-state index contributed by atoms with van der Waals surface area (Å²) in [6.45, 7) is 3.51. The fourth-order valence-corrected chi connectivity index (χ4v) is 3.04. The largest absolute Gasteiger partial charge is 0.382 e. The fraction of sp³-hybridized carbons (Fsp3) is 0.571. The monoisotopic (exact) mass is 252 g/mol. The van der Waals surface area contributed by atoms with Crippen LogP contribution in [0.5, 0.6) is 0 Å². The zero-order chi connectivity index (χ0) is 10.8. The van der Waals surface area contributed by atoms with Crippen LogP contribution in [0, 0.1) is 5.92 Å². The third-order valence-corrected chi connectivity index (χ3v) is 3.90. The lowest BCUT2D eigenvalue weighted by Gasteiger charge is -2.33. The van der Waals surface area contributed by atoms with E-state index in [1.807, 2.05) is 0 Å². The van der Waals surface area contributed by atoms with Crippen molar-refractivity contribution in [3.63, 3.8) is 0 Å². The lowest BCUT2D eigenvalue weighted by molar-refractivity contribution is 0.531. The molecule has 0 atom stereocenters. The average Bonchev–Trinajstić information content (AvgIpc) is 2.82. The van der Waals surface area contributed by atoms with Gasteiger partial charge < -0.3 is 10.2 Å². The number of benzene rings is 1. The van der Waals surface area contributed by atoms with E-state index in [-0.39, 0.29) is 12.4 Å². The van der Waals surface area contributed by atoms with Crippen molar-refractivity contribution in [2.24, 2.45) is 5.92 Å². The third kappa shape index (κ3) is 2.68. The maximum absolute atomic E-state index is 3.48. The molecule has 2 aliphatic rings. The van der Waals surface area contributed by atoms with Crippen molar-refractivity contribution < 1.29 is 0 Å². The molecule has 1 fully saturated rings. The minimum absolute atomic E-state index is 0. The summed E-state index contributed by atoms with van der Waals surface area (Å²) >= 11 is 0. The molecule has 0 amide bonds. The summed E-state index contributed by atoms with van der Waals surface area (Å²) in [6.07, 6.45) is 5.76. The van der Waals surface area contributed by atoms with Crippen LogP contribution in [0.4, 0.5) is 11.4 Å². The molecule has 0 radical (unpaired) electrons. The molecule has 3 heteroatoms. The predicted octanol–water partition coefficient (Wildman–Crippen LogP) is 3.53. The SMILES string of the molecule is Cl.c1ccc2c(c1)NCCN2CC1CCCC1. The first-order valence-corrected chi connectivity index (χ1v) is 6.51. The lowest BCUT2D eigenvalue weighted by Crippen LogP contribution is -2.36. The van der Waals surface area contributed by atoms with Crippen molar-refractivity contribution in [3.05, 3.63) is 24.3 Å². The molecule has 94 valence electrons. The Morgan fingerprint density at radius 3 is 2.76 bits per heavy atom. The van der Waals surface area contributed by atoms with Gasteiger partial charge in [0.1, 0.15) is 0 Å². The van der Waals surface area contributed by atoms with Gasteiger partial charge in [-0.05, 0) is 30.9 Å². The van der Waals surface area contributed by atoms with Crippen LogP contribution in [0.25, 0.3) is 0 Å². The number of hydrogen-bond donors (Lipinski definition) is 1. The molecule has 17 heavy (non-hydrogen) atoms. The fourth-order valence-electron chi connectivity index (χ4n) is 3.04. The van der Waals surface area contributed by atoms with Gasteiger partial charge in [0.25, 0.3) is 0 Å². The van der Waals surface area contributed by atoms with Gasteiger partial charge in [-0.3, -0.25) is 0 Å². The van der Waals surface area contributed by atoms with Crippen molar-refractivity contribution in [1.29, 1.82) is 0 Å². The highest BCUT2D eigenvalue weighted by Crippen LogP contribution is 2.32.